The van der Waals surface area contributed by atoms with Crippen LogP contribution in [0.15, 0.2) is 18.2 Å². The Morgan fingerprint density at radius 3 is 2.88 bits per heavy atom. The van der Waals surface area contributed by atoms with E-state index in [0.717, 1.165) is 30.1 Å². The molecular weight excluding hydrogens is 232 g/mol. The van der Waals surface area contributed by atoms with Gasteiger partial charge in [-0.3, -0.25) is 0 Å². The zero-order valence-corrected chi connectivity index (χ0v) is 11.2. The molecule has 2 unspecified atom stereocenters. The van der Waals surface area contributed by atoms with Crippen molar-refractivity contribution in [3.05, 3.63) is 23.8 Å². The maximum absolute atomic E-state index is 9.95. The number of phenolic OH excluding ortho intramolecular Hbond substituents is 1. The van der Waals surface area contributed by atoms with Crippen LogP contribution in [0.4, 0.5) is 5.69 Å². The van der Waals surface area contributed by atoms with E-state index in [2.05, 4.69) is 17.9 Å². The molecule has 94 valence electrons. The summed E-state index contributed by atoms with van der Waals surface area (Å²) in [5.41, 5.74) is 7.70. The molecule has 0 aromatic heterocycles. The van der Waals surface area contributed by atoms with E-state index in [0.29, 0.717) is 11.0 Å². The Kier molecular flexibility index (Phi) is 3.84. The van der Waals surface area contributed by atoms with Crippen LogP contribution in [0.3, 0.4) is 0 Å². The minimum absolute atomic E-state index is 0.125. The summed E-state index contributed by atoms with van der Waals surface area (Å²) in [5, 5.41) is 10.6. The minimum atomic E-state index is -0.125. The van der Waals surface area contributed by atoms with Gasteiger partial charge in [0.05, 0.1) is 0 Å². The molecule has 17 heavy (non-hydrogen) atoms. The number of hydrogen-bond donors (Lipinski definition) is 2. The topological polar surface area (TPSA) is 49.5 Å². The van der Waals surface area contributed by atoms with Gasteiger partial charge in [-0.25, -0.2) is 0 Å². The van der Waals surface area contributed by atoms with Crippen LogP contribution >= 0.6 is 11.8 Å². The Balaban J connectivity index is 2.19. The average Bonchev–Trinajstić information content (AvgIpc) is 2.28. The first kappa shape index (κ1) is 12.6. The first-order valence-electron chi connectivity index (χ1n) is 6.03. The van der Waals surface area contributed by atoms with Gasteiger partial charge in [-0.05, 0) is 13.0 Å². The molecule has 3 nitrogen and oxygen atoms in total. The molecule has 4 heteroatoms. The number of benzene rings is 1. The largest absolute Gasteiger partial charge is 0.508 e. The van der Waals surface area contributed by atoms with Crippen molar-refractivity contribution >= 4 is 17.4 Å². The van der Waals surface area contributed by atoms with E-state index in [1.807, 2.05) is 30.8 Å². The molecule has 3 N–H and O–H groups in total. The van der Waals surface area contributed by atoms with Crippen LogP contribution in [0.1, 0.15) is 25.5 Å². The van der Waals surface area contributed by atoms with Crippen LogP contribution < -0.4 is 10.6 Å². The number of hydrogen-bond acceptors (Lipinski definition) is 4. The Hall–Kier alpha value is -0.870. The normalized spacial score (nSPS) is 22.5. The lowest BCUT2D eigenvalue weighted by molar-refractivity contribution is 0.463. The first-order valence-corrected chi connectivity index (χ1v) is 7.08. The SMILES string of the molecule is CC1CN(c2ccc(C(C)N)c(O)c2)CCS1. The second-order valence-electron chi connectivity index (χ2n) is 4.66. The van der Waals surface area contributed by atoms with Crippen molar-refractivity contribution < 1.29 is 5.11 Å². The zero-order chi connectivity index (χ0) is 12.4. The second kappa shape index (κ2) is 5.19. The van der Waals surface area contributed by atoms with Gasteiger partial charge in [0.15, 0.2) is 0 Å². The molecule has 0 spiro atoms. The third kappa shape index (κ3) is 2.87. The molecule has 0 aliphatic carbocycles. The van der Waals surface area contributed by atoms with Crippen LogP contribution in [0.5, 0.6) is 5.75 Å². The van der Waals surface area contributed by atoms with Gasteiger partial charge in [-0.15, -0.1) is 0 Å². The zero-order valence-electron chi connectivity index (χ0n) is 10.4. The Morgan fingerprint density at radius 2 is 2.29 bits per heavy atom. The molecule has 2 atom stereocenters. The Morgan fingerprint density at radius 1 is 1.53 bits per heavy atom. The number of aromatic hydroxyl groups is 1. The van der Waals surface area contributed by atoms with Crippen molar-refractivity contribution in [3.63, 3.8) is 0 Å². The highest BCUT2D eigenvalue weighted by Gasteiger charge is 2.18. The minimum Gasteiger partial charge on any atom is -0.508 e. The summed E-state index contributed by atoms with van der Waals surface area (Å²) in [4.78, 5) is 2.33. The number of thioether (sulfide) groups is 1. The van der Waals surface area contributed by atoms with Gasteiger partial charge in [-0.1, -0.05) is 13.0 Å². The number of phenols is 1. The molecule has 1 aliphatic rings. The van der Waals surface area contributed by atoms with Crippen molar-refractivity contribution in [2.45, 2.75) is 25.1 Å². The monoisotopic (exact) mass is 252 g/mol. The number of anilines is 1. The van der Waals surface area contributed by atoms with Gasteiger partial charge >= 0.3 is 0 Å². The summed E-state index contributed by atoms with van der Waals surface area (Å²) in [5.74, 6) is 1.46. The quantitative estimate of drug-likeness (QED) is 0.848. The van der Waals surface area contributed by atoms with E-state index in [1.165, 1.54) is 0 Å². The van der Waals surface area contributed by atoms with Crippen molar-refractivity contribution in [1.82, 2.24) is 0 Å². The molecule has 1 aromatic rings. The molecule has 1 heterocycles. The van der Waals surface area contributed by atoms with Crippen molar-refractivity contribution in [2.24, 2.45) is 5.73 Å². The Bertz CT molecular complexity index is 395. The van der Waals surface area contributed by atoms with Gasteiger partial charge in [0.2, 0.25) is 0 Å². The average molecular weight is 252 g/mol. The predicted molar refractivity (Wildman–Crippen MR) is 74.8 cm³/mol. The lowest BCUT2D eigenvalue weighted by Crippen LogP contribution is -2.36. The number of nitrogens with two attached hydrogens (primary N) is 1. The summed E-state index contributed by atoms with van der Waals surface area (Å²) < 4.78 is 0. The lowest BCUT2D eigenvalue weighted by Gasteiger charge is -2.32. The fourth-order valence-corrected chi connectivity index (χ4v) is 3.18. The van der Waals surface area contributed by atoms with Gasteiger partial charge in [-0.2, -0.15) is 11.8 Å². The lowest BCUT2D eigenvalue weighted by atomic mass is 10.1. The van der Waals surface area contributed by atoms with Crippen molar-refractivity contribution in [1.29, 1.82) is 0 Å². The van der Waals surface area contributed by atoms with Crippen LogP contribution in [0, 0.1) is 0 Å². The summed E-state index contributed by atoms with van der Waals surface area (Å²) in [7, 11) is 0. The van der Waals surface area contributed by atoms with Crippen molar-refractivity contribution in [2.75, 3.05) is 23.7 Å². The molecular formula is C13H20N2OS. The van der Waals surface area contributed by atoms with Crippen LogP contribution in [-0.4, -0.2) is 29.2 Å². The molecule has 0 saturated carbocycles. The maximum Gasteiger partial charge on any atom is 0.122 e. The fraction of sp³-hybridized carbons (Fsp3) is 0.538. The van der Waals surface area contributed by atoms with Crippen molar-refractivity contribution in [3.8, 4) is 5.75 Å². The third-order valence-corrected chi connectivity index (χ3v) is 4.25. The number of nitrogens with zero attached hydrogens (tertiary/aromatic N) is 1. The van der Waals surface area contributed by atoms with E-state index in [1.54, 1.807) is 0 Å². The molecule has 0 bridgehead atoms. The van der Waals surface area contributed by atoms with E-state index in [9.17, 15) is 5.11 Å². The highest BCUT2D eigenvalue weighted by atomic mass is 32.2. The van der Waals surface area contributed by atoms with E-state index >= 15 is 0 Å². The fourth-order valence-electron chi connectivity index (χ4n) is 2.17. The summed E-state index contributed by atoms with van der Waals surface area (Å²) in [6, 6.07) is 5.70. The third-order valence-electron chi connectivity index (χ3n) is 3.11. The summed E-state index contributed by atoms with van der Waals surface area (Å²) in [6.45, 7) is 6.22. The van der Waals surface area contributed by atoms with Gasteiger partial charge in [0, 0.05) is 47.5 Å². The summed E-state index contributed by atoms with van der Waals surface area (Å²) >= 11 is 2.00. The first-order chi connectivity index (χ1) is 8.08. The van der Waals surface area contributed by atoms with E-state index < -0.39 is 0 Å². The molecule has 1 fully saturated rings. The van der Waals surface area contributed by atoms with E-state index in [-0.39, 0.29) is 6.04 Å². The molecule has 0 radical (unpaired) electrons. The second-order valence-corrected chi connectivity index (χ2v) is 6.21. The summed E-state index contributed by atoms with van der Waals surface area (Å²) in [6.07, 6.45) is 0. The predicted octanol–water partition coefficient (Wildman–Crippen LogP) is 2.35. The highest BCUT2D eigenvalue weighted by Crippen LogP contribution is 2.30. The standard InChI is InChI=1S/C13H20N2OS/c1-9-8-15(5-6-17-9)11-3-4-12(10(2)14)13(16)7-11/h3-4,7,9-10,16H,5-6,8,14H2,1-2H3. The highest BCUT2D eigenvalue weighted by molar-refractivity contribution is 8.00. The van der Waals surface area contributed by atoms with Crippen LogP contribution in [0.25, 0.3) is 0 Å². The van der Waals surface area contributed by atoms with Gasteiger partial charge in [0.1, 0.15) is 5.75 Å². The smallest absolute Gasteiger partial charge is 0.122 e. The van der Waals surface area contributed by atoms with Crippen LogP contribution in [-0.2, 0) is 0 Å². The van der Waals surface area contributed by atoms with E-state index in [4.69, 9.17) is 5.73 Å². The molecule has 1 saturated heterocycles. The maximum atomic E-state index is 9.95. The molecule has 2 rings (SSSR count). The van der Waals surface area contributed by atoms with Gasteiger partial charge in [0.25, 0.3) is 0 Å². The Labute approximate surface area is 107 Å². The molecule has 1 aromatic carbocycles. The van der Waals surface area contributed by atoms with Crippen LogP contribution in [0.2, 0.25) is 0 Å². The van der Waals surface area contributed by atoms with Gasteiger partial charge < -0.3 is 15.7 Å². The number of rotatable bonds is 2. The molecule has 1 aliphatic heterocycles. The molecule has 0 amide bonds.